The van der Waals surface area contributed by atoms with Crippen LogP contribution in [0, 0.1) is 12.8 Å². The highest BCUT2D eigenvalue weighted by Crippen LogP contribution is 2.47. The molecule has 1 saturated carbocycles. The van der Waals surface area contributed by atoms with Crippen molar-refractivity contribution >= 4 is 0 Å². The Morgan fingerprint density at radius 3 is 2.79 bits per heavy atom. The molecule has 1 fully saturated rings. The summed E-state index contributed by atoms with van der Waals surface area (Å²) in [7, 11) is 3.45. The highest BCUT2D eigenvalue weighted by Gasteiger charge is 2.40. The summed E-state index contributed by atoms with van der Waals surface area (Å²) in [5.41, 5.74) is 3.15. The molecule has 3 heterocycles. The van der Waals surface area contributed by atoms with Crippen molar-refractivity contribution in [3.8, 4) is 22.8 Å². The number of ether oxygens (including phenoxy) is 2. The molecular weight excluding hydrogens is 358 g/mol. The summed E-state index contributed by atoms with van der Waals surface area (Å²) < 4.78 is 12.9. The van der Waals surface area contributed by atoms with Crippen LogP contribution in [0.25, 0.3) is 11.1 Å². The van der Waals surface area contributed by atoms with Crippen LogP contribution in [0.5, 0.6) is 11.6 Å². The maximum atomic E-state index is 9.59. The molecule has 0 radical (unpaired) electrons. The number of aliphatic hydroxyl groups is 1. The quantitative estimate of drug-likeness (QED) is 0.671. The number of nitrogens with zero attached hydrogens (tertiary/aromatic N) is 5. The number of aryl methyl sites for hydroxylation is 2. The van der Waals surface area contributed by atoms with Gasteiger partial charge in [0.05, 0.1) is 37.8 Å². The molecule has 28 heavy (non-hydrogen) atoms. The summed E-state index contributed by atoms with van der Waals surface area (Å²) in [6.07, 6.45) is 6.35. The Labute approximate surface area is 163 Å². The van der Waals surface area contributed by atoms with Crippen molar-refractivity contribution in [2.75, 3.05) is 13.7 Å². The molecule has 0 amide bonds. The van der Waals surface area contributed by atoms with Crippen LogP contribution in [0.2, 0.25) is 0 Å². The summed E-state index contributed by atoms with van der Waals surface area (Å²) in [4.78, 5) is 13.2. The van der Waals surface area contributed by atoms with Gasteiger partial charge in [-0.2, -0.15) is 10.1 Å². The van der Waals surface area contributed by atoms with Gasteiger partial charge in [-0.1, -0.05) is 0 Å². The molecule has 4 rings (SSSR count). The Morgan fingerprint density at radius 1 is 1.21 bits per heavy atom. The van der Waals surface area contributed by atoms with Crippen LogP contribution in [0.3, 0.4) is 0 Å². The fraction of sp³-hybridized carbons (Fsp3) is 0.400. The van der Waals surface area contributed by atoms with Crippen LogP contribution in [-0.2, 0) is 13.7 Å². The zero-order chi connectivity index (χ0) is 19.7. The van der Waals surface area contributed by atoms with E-state index < -0.39 is 0 Å². The van der Waals surface area contributed by atoms with Crippen molar-refractivity contribution in [1.82, 2.24) is 24.7 Å². The largest absolute Gasteiger partial charge is 0.495 e. The fourth-order valence-corrected chi connectivity index (χ4v) is 3.33. The average molecular weight is 381 g/mol. The van der Waals surface area contributed by atoms with Gasteiger partial charge in [-0.15, -0.1) is 0 Å². The maximum absolute atomic E-state index is 9.59. The lowest BCUT2D eigenvalue weighted by atomic mass is 10.1. The Morgan fingerprint density at radius 2 is 2.07 bits per heavy atom. The second kappa shape index (κ2) is 7.55. The molecule has 1 aliphatic rings. The molecule has 3 aromatic rings. The second-order valence-corrected chi connectivity index (χ2v) is 6.99. The van der Waals surface area contributed by atoms with Crippen molar-refractivity contribution in [1.29, 1.82) is 0 Å². The molecule has 2 atom stereocenters. The normalized spacial score (nSPS) is 18.1. The van der Waals surface area contributed by atoms with E-state index >= 15 is 0 Å². The van der Waals surface area contributed by atoms with E-state index in [9.17, 15) is 5.11 Å². The van der Waals surface area contributed by atoms with Crippen LogP contribution in [-0.4, -0.2) is 43.6 Å². The SMILES string of the molecule is COc1ccc([C@H]2C[C@@H]2COc2nc(C)ncc2-c2cn(C)nc2CO)nc1. The van der Waals surface area contributed by atoms with E-state index in [1.807, 2.05) is 32.3 Å². The van der Waals surface area contributed by atoms with Gasteiger partial charge in [0.2, 0.25) is 5.88 Å². The number of aromatic nitrogens is 5. The van der Waals surface area contributed by atoms with Gasteiger partial charge in [0.15, 0.2) is 0 Å². The standard InChI is InChI=1S/C20H23N5O3/c1-12-21-8-16(17-9-25(2)24-19(17)10-26)20(23-12)28-11-13-6-15(13)18-5-4-14(27-3)7-22-18/h4-5,7-9,13,15,26H,6,10-11H2,1-3H3/t13-,15+/m1/s1. The van der Waals surface area contributed by atoms with Gasteiger partial charge in [0, 0.05) is 42.5 Å². The Bertz CT molecular complexity index is 970. The lowest BCUT2D eigenvalue weighted by molar-refractivity contribution is 0.275. The maximum Gasteiger partial charge on any atom is 0.224 e. The summed E-state index contributed by atoms with van der Waals surface area (Å²) >= 11 is 0. The lowest BCUT2D eigenvalue weighted by Crippen LogP contribution is -2.06. The van der Waals surface area contributed by atoms with Gasteiger partial charge < -0.3 is 14.6 Å². The first-order chi connectivity index (χ1) is 13.6. The molecule has 0 aromatic carbocycles. The monoisotopic (exact) mass is 381 g/mol. The predicted octanol–water partition coefficient (Wildman–Crippen LogP) is 2.26. The third-order valence-corrected chi connectivity index (χ3v) is 4.95. The van der Waals surface area contributed by atoms with E-state index in [4.69, 9.17) is 9.47 Å². The molecule has 1 aliphatic carbocycles. The van der Waals surface area contributed by atoms with Crippen LogP contribution in [0.1, 0.15) is 29.6 Å². The lowest BCUT2D eigenvalue weighted by Gasteiger charge is -2.10. The number of hydrogen-bond acceptors (Lipinski definition) is 7. The van der Waals surface area contributed by atoms with Crippen LogP contribution < -0.4 is 9.47 Å². The highest BCUT2D eigenvalue weighted by molar-refractivity contribution is 5.69. The summed E-state index contributed by atoms with van der Waals surface area (Å²) in [6.45, 7) is 2.22. The van der Waals surface area contributed by atoms with Gasteiger partial charge in [-0.05, 0) is 25.5 Å². The minimum atomic E-state index is -0.155. The van der Waals surface area contributed by atoms with Gasteiger partial charge in [0.25, 0.3) is 0 Å². The summed E-state index contributed by atoms with van der Waals surface area (Å²) in [6, 6.07) is 3.94. The molecule has 0 bridgehead atoms. The van der Waals surface area contributed by atoms with E-state index in [1.165, 1.54) is 0 Å². The molecule has 3 aromatic heterocycles. The number of pyridine rings is 1. The zero-order valence-electron chi connectivity index (χ0n) is 16.2. The van der Waals surface area contributed by atoms with Crippen molar-refractivity contribution in [3.63, 3.8) is 0 Å². The summed E-state index contributed by atoms with van der Waals surface area (Å²) in [5, 5.41) is 13.9. The molecule has 8 nitrogen and oxygen atoms in total. The van der Waals surface area contributed by atoms with E-state index in [2.05, 4.69) is 20.1 Å². The van der Waals surface area contributed by atoms with Gasteiger partial charge in [-0.3, -0.25) is 9.67 Å². The van der Waals surface area contributed by atoms with Crippen LogP contribution >= 0.6 is 0 Å². The number of hydrogen-bond donors (Lipinski definition) is 1. The second-order valence-electron chi connectivity index (χ2n) is 6.99. The Hall–Kier alpha value is -3.00. The molecule has 1 N–H and O–H groups in total. The number of methoxy groups -OCH3 is 1. The minimum Gasteiger partial charge on any atom is -0.495 e. The third-order valence-electron chi connectivity index (χ3n) is 4.95. The Kier molecular flexibility index (Phi) is 4.95. The molecule has 0 unspecified atom stereocenters. The molecule has 0 aliphatic heterocycles. The smallest absolute Gasteiger partial charge is 0.224 e. The zero-order valence-corrected chi connectivity index (χ0v) is 16.2. The third kappa shape index (κ3) is 3.68. The first kappa shape index (κ1) is 18.4. The molecule has 0 saturated heterocycles. The number of rotatable bonds is 7. The fourth-order valence-electron chi connectivity index (χ4n) is 3.33. The average Bonchev–Trinajstić information content (AvgIpc) is 3.39. The van der Waals surface area contributed by atoms with E-state index in [1.54, 1.807) is 24.2 Å². The van der Waals surface area contributed by atoms with Crippen molar-refractivity contribution in [2.45, 2.75) is 25.9 Å². The van der Waals surface area contributed by atoms with Gasteiger partial charge in [0.1, 0.15) is 11.6 Å². The van der Waals surface area contributed by atoms with Crippen LogP contribution in [0.4, 0.5) is 0 Å². The van der Waals surface area contributed by atoms with Crippen molar-refractivity contribution < 1.29 is 14.6 Å². The molecular formula is C20H23N5O3. The van der Waals surface area contributed by atoms with E-state index in [0.29, 0.717) is 35.8 Å². The van der Waals surface area contributed by atoms with E-state index in [0.717, 1.165) is 29.0 Å². The van der Waals surface area contributed by atoms with Gasteiger partial charge >= 0.3 is 0 Å². The van der Waals surface area contributed by atoms with Crippen molar-refractivity contribution in [3.05, 3.63) is 47.9 Å². The van der Waals surface area contributed by atoms with Crippen LogP contribution in [0.15, 0.2) is 30.7 Å². The topological polar surface area (TPSA) is 95.2 Å². The molecule has 146 valence electrons. The number of aliphatic hydroxyl groups excluding tert-OH is 1. The van der Waals surface area contributed by atoms with Gasteiger partial charge in [-0.25, -0.2) is 4.98 Å². The molecule has 8 heteroatoms. The first-order valence-electron chi connectivity index (χ1n) is 9.19. The first-order valence-corrected chi connectivity index (χ1v) is 9.19. The predicted molar refractivity (Wildman–Crippen MR) is 102 cm³/mol. The van der Waals surface area contributed by atoms with E-state index in [-0.39, 0.29) is 6.61 Å². The highest BCUT2D eigenvalue weighted by atomic mass is 16.5. The Balaban J connectivity index is 1.49. The van der Waals surface area contributed by atoms with Crippen molar-refractivity contribution in [2.24, 2.45) is 13.0 Å². The minimum absolute atomic E-state index is 0.155. The molecule has 0 spiro atoms. The summed E-state index contributed by atoms with van der Waals surface area (Å²) in [5.74, 6) is 2.70.